The number of halogens is 3. The fraction of sp³-hybridized carbons (Fsp3) is 0.600. The van der Waals surface area contributed by atoms with Crippen molar-refractivity contribution in [1.82, 2.24) is 14.9 Å². The van der Waals surface area contributed by atoms with Gasteiger partial charge in [-0.15, -0.1) is 5.10 Å². The molecule has 0 aliphatic rings. The molecule has 1 unspecified atom stereocenters. The summed E-state index contributed by atoms with van der Waals surface area (Å²) in [6, 6.07) is 0. The molecule has 0 spiro atoms. The van der Waals surface area contributed by atoms with E-state index in [0.29, 0.717) is 18.5 Å². The van der Waals surface area contributed by atoms with E-state index in [-0.39, 0.29) is 16.5 Å². The van der Waals surface area contributed by atoms with Crippen molar-refractivity contribution >= 4 is 23.4 Å². The van der Waals surface area contributed by atoms with Gasteiger partial charge in [0.2, 0.25) is 5.54 Å². The Kier molecular flexibility index (Phi) is 4.37. The third-order valence-corrected chi connectivity index (χ3v) is 3.37. The quantitative estimate of drug-likeness (QED) is 0.884. The molecule has 0 aliphatic carbocycles. The zero-order chi connectivity index (χ0) is 15.7. The topological polar surface area (TPSA) is 92.2 Å². The number of aromatic nitrogens is 2. The van der Waals surface area contributed by atoms with E-state index in [9.17, 15) is 22.8 Å². The Morgan fingerprint density at radius 3 is 2.30 bits per heavy atom. The van der Waals surface area contributed by atoms with E-state index in [2.05, 4.69) is 9.59 Å². The minimum absolute atomic E-state index is 0.128. The molecule has 0 saturated heterocycles. The van der Waals surface area contributed by atoms with E-state index in [0.717, 1.165) is 0 Å². The molecule has 0 radical (unpaired) electrons. The Bertz CT molecular complexity index is 529. The summed E-state index contributed by atoms with van der Waals surface area (Å²) in [4.78, 5) is 22.6. The largest absolute Gasteiger partial charge is 0.479 e. The Labute approximate surface area is 116 Å². The number of rotatable bonds is 4. The van der Waals surface area contributed by atoms with E-state index in [1.807, 2.05) is 0 Å². The smallest absolute Gasteiger partial charge is 0.422 e. The van der Waals surface area contributed by atoms with Crippen molar-refractivity contribution in [3.8, 4) is 0 Å². The maximum atomic E-state index is 12.8. The molecule has 10 heteroatoms. The monoisotopic (exact) mass is 311 g/mol. The summed E-state index contributed by atoms with van der Waals surface area (Å²) in [5, 5.41) is 13.9. The molecule has 0 aromatic carbocycles. The van der Waals surface area contributed by atoms with Crippen LogP contribution in [0, 0.1) is 0 Å². The van der Waals surface area contributed by atoms with E-state index < -0.39 is 23.6 Å². The molecule has 20 heavy (non-hydrogen) atoms. The SMILES string of the molecule is CC(C)c1nnsc1C(=O)NC(C)(C(=O)O)C(F)(F)F. The van der Waals surface area contributed by atoms with Crippen LogP contribution in [-0.4, -0.2) is 38.3 Å². The van der Waals surface area contributed by atoms with Crippen LogP contribution < -0.4 is 5.32 Å². The highest BCUT2D eigenvalue weighted by Gasteiger charge is 2.58. The lowest BCUT2D eigenvalue weighted by Crippen LogP contribution is -2.61. The van der Waals surface area contributed by atoms with Gasteiger partial charge in [-0.3, -0.25) is 4.79 Å². The highest BCUT2D eigenvalue weighted by molar-refractivity contribution is 7.08. The average Bonchev–Trinajstić information content (AvgIpc) is 2.75. The molecular formula is C10H12F3N3O3S. The first-order valence-corrected chi connectivity index (χ1v) is 6.23. The van der Waals surface area contributed by atoms with Gasteiger partial charge in [0.25, 0.3) is 5.91 Å². The van der Waals surface area contributed by atoms with Gasteiger partial charge in [0.15, 0.2) is 0 Å². The molecule has 0 aliphatic heterocycles. The zero-order valence-corrected chi connectivity index (χ0v) is 11.6. The van der Waals surface area contributed by atoms with Gasteiger partial charge in [-0.2, -0.15) is 13.2 Å². The summed E-state index contributed by atoms with van der Waals surface area (Å²) in [5.41, 5.74) is -3.15. The standard InChI is InChI=1S/C10H12F3N3O3S/c1-4(2)5-6(20-16-15-5)7(17)14-9(3,8(18)19)10(11,12)13/h4H,1-3H3,(H,14,17)(H,18,19). The highest BCUT2D eigenvalue weighted by atomic mass is 32.1. The number of carboxylic acids is 1. The average molecular weight is 311 g/mol. The number of carboxylic acid groups (broad SMARTS) is 1. The first kappa shape index (κ1) is 16.3. The lowest BCUT2D eigenvalue weighted by molar-refractivity contribution is -0.203. The van der Waals surface area contributed by atoms with Crippen LogP contribution in [0.1, 0.15) is 42.1 Å². The first-order chi connectivity index (χ1) is 9.00. The third kappa shape index (κ3) is 2.89. The van der Waals surface area contributed by atoms with Gasteiger partial charge < -0.3 is 10.4 Å². The van der Waals surface area contributed by atoms with E-state index in [4.69, 9.17) is 5.11 Å². The second-order valence-corrected chi connectivity index (χ2v) is 5.28. The molecule has 1 aromatic heterocycles. The van der Waals surface area contributed by atoms with Crippen molar-refractivity contribution in [2.24, 2.45) is 0 Å². The van der Waals surface area contributed by atoms with Gasteiger partial charge in [0, 0.05) is 0 Å². The zero-order valence-electron chi connectivity index (χ0n) is 10.8. The van der Waals surface area contributed by atoms with Gasteiger partial charge in [-0.1, -0.05) is 18.3 Å². The number of alkyl halides is 3. The molecule has 0 saturated carbocycles. The summed E-state index contributed by atoms with van der Waals surface area (Å²) < 4.78 is 41.9. The molecule has 6 nitrogen and oxygen atoms in total. The molecule has 2 N–H and O–H groups in total. The second-order valence-electron chi connectivity index (χ2n) is 4.52. The van der Waals surface area contributed by atoms with Crippen molar-refractivity contribution in [3.05, 3.63) is 10.6 Å². The molecule has 0 fully saturated rings. The normalized spacial score (nSPS) is 14.9. The van der Waals surface area contributed by atoms with Crippen LogP contribution in [0.2, 0.25) is 0 Å². The Balaban J connectivity index is 3.10. The van der Waals surface area contributed by atoms with Crippen molar-refractivity contribution in [1.29, 1.82) is 0 Å². The van der Waals surface area contributed by atoms with Crippen LogP contribution in [0.4, 0.5) is 13.2 Å². The predicted octanol–water partition coefficient (Wildman–Crippen LogP) is 1.80. The van der Waals surface area contributed by atoms with Gasteiger partial charge in [-0.05, 0) is 24.4 Å². The third-order valence-electron chi connectivity index (χ3n) is 2.62. The summed E-state index contributed by atoms with van der Waals surface area (Å²) in [6.07, 6.45) is -5.13. The Morgan fingerprint density at radius 1 is 1.35 bits per heavy atom. The molecule has 1 aromatic rings. The van der Waals surface area contributed by atoms with Crippen molar-refractivity contribution < 1.29 is 27.9 Å². The minimum atomic E-state index is -5.13. The van der Waals surface area contributed by atoms with Crippen LogP contribution in [0.5, 0.6) is 0 Å². The maximum Gasteiger partial charge on any atom is 0.422 e. The highest BCUT2D eigenvalue weighted by Crippen LogP contribution is 2.31. The molecule has 1 rings (SSSR count). The number of hydrogen-bond acceptors (Lipinski definition) is 5. The molecule has 1 amide bonds. The first-order valence-electron chi connectivity index (χ1n) is 5.45. The molecule has 112 valence electrons. The number of carbonyl (C=O) groups is 2. The fourth-order valence-corrected chi connectivity index (χ4v) is 1.98. The van der Waals surface area contributed by atoms with Gasteiger partial charge in [0.1, 0.15) is 4.88 Å². The van der Waals surface area contributed by atoms with Crippen molar-refractivity contribution in [2.75, 3.05) is 0 Å². The van der Waals surface area contributed by atoms with Crippen LogP contribution in [0.25, 0.3) is 0 Å². The lowest BCUT2D eigenvalue weighted by Gasteiger charge is -2.28. The summed E-state index contributed by atoms with van der Waals surface area (Å²) in [7, 11) is 0. The number of nitrogens with zero attached hydrogens (tertiary/aromatic N) is 2. The minimum Gasteiger partial charge on any atom is -0.479 e. The number of hydrogen-bond donors (Lipinski definition) is 2. The second kappa shape index (κ2) is 5.35. The molecule has 1 atom stereocenters. The summed E-state index contributed by atoms with van der Waals surface area (Å²) in [5.74, 6) is -3.58. The van der Waals surface area contributed by atoms with Crippen LogP contribution in [-0.2, 0) is 4.79 Å². The Hall–Kier alpha value is -1.71. The molecule has 0 bridgehead atoms. The number of carbonyl (C=O) groups excluding carboxylic acids is 1. The van der Waals surface area contributed by atoms with Crippen molar-refractivity contribution in [2.45, 2.75) is 38.4 Å². The molecule has 1 heterocycles. The number of nitrogens with one attached hydrogen (secondary N) is 1. The number of aliphatic carboxylic acids is 1. The summed E-state index contributed by atoms with van der Waals surface area (Å²) in [6.45, 7) is 3.76. The van der Waals surface area contributed by atoms with Gasteiger partial charge in [-0.25, -0.2) is 4.79 Å². The number of amides is 1. The van der Waals surface area contributed by atoms with Gasteiger partial charge >= 0.3 is 12.1 Å². The van der Waals surface area contributed by atoms with E-state index in [1.54, 1.807) is 13.8 Å². The van der Waals surface area contributed by atoms with Crippen LogP contribution in [0.3, 0.4) is 0 Å². The van der Waals surface area contributed by atoms with Gasteiger partial charge in [0.05, 0.1) is 5.69 Å². The Morgan fingerprint density at radius 2 is 1.90 bits per heavy atom. The summed E-state index contributed by atoms with van der Waals surface area (Å²) >= 11 is 0.616. The van der Waals surface area contributed by atoms with Crippen LogP contribution >= 0.6 is 11.5 Å². The lowest BCUT2D eigenvalue weighted by atomic mass is 10.0. The predicted molar refractivity (Wildman–Crippen MR) is 63.6 cm³/mol. The maximum absolute atomic E-state index is 12.8. The van der Waals surface area contributed by atoms with E-state index >= 15 is 0 Å². The fourth-order valence-electron chi connectivity index (χ4n) is 1.26. The molecular weight excluding hydrogens is 299 g/mol. The van der Waals surface area contributed by atoms with E-state index in [1.165, 1.54) is 5.32 Å². The van der Waals surface area contributed by atoms with Crippen LogP contribution in [0.15, 0.2) is 0 Å². The van der Waals surface area contributed by atoms with Crippen molar-refractivity contribution in [3.63, 3.8) is 0 Å².